The molecule has 3 saturated carbocycles. The van der Waals surface area contributed by atoms with E-state index in [-0.39, 0.29) is 6.10 Å². The monoisotopic (exact) mass is 514 g/mol. The Bertz CT molecular complexity index is 1630. The molecule has 0 unspecified atom stereocenters. The Morgan fingerprint density at radius 3 is 2.41 bits per heavy atom. The highest BCUT2D eigenvalue weighted by molar-refractivity contribution is 6.23. The molecule has 4 aliphatic rings. The van der Waals surface area contributed by atoms with Gasteiger partial charge in [-0.25, -0.2) is 0 Å². The lowest BCUT2D eigenvalue weighted by atomic mass is 9.47. The first-order valence-electron chi connectivity index (χ1n) is 15.6. The van der Waals surface area contributed by atoms with Crippen LogP contribution in [0.2, 0.25) is 0 Å². The molecule has 8 rings (SSSR count). The normalized spacial score (nSPS) is 36.1. The van der Waals surface area contributed by atoms with Crippen LogP contribution in [-0.4, -0.2) is 11.2 Å². The van der Waals surface area contributed by atoms with Crippen LogP contribution in [0.3, 0.4) is 0 Å². The van der Waals surface area contributed by atoms with E-state index in [0.29, 0.717) is 16.7 Å². The van der Waals surface area contributed by atoms with E-state index >= 15 is 0 Å². The Hall–Kier alpha value is -2.64. The summed E-state index contributed by atoms with van der Waals surface area (Å²) < 4.78 is 0. The van der Waals surface area contributed by atoms with E-state index in [1.165, 1.54) is 82.0 Å². The Balaban J connectivity index is 1.10. The lowest BCUT2D eigenvalue weighted by molar-refractivity contribution is -0.0455. The molecule has 0 aliphatic heterocycles. The molecule has 0 spiro atoms. The molecule has 4 aromatic rings. The van der Waals surface area contributed by atoms with Gasteiger partial charge in [0.15, 0.2) is 0 Å². The van der Waals surface area contributed by atoms with Crippen molar-refractivity contribution < 1.29 is 5.11 Å². The van der Waals surface area contributed by atoms with Crippen molar-refractivity contribution in [2.24, 2.45) is 34.5 Å². The number of hydrogen-bond acceptors (Lipinski definition) is 1. The first-order valence-corrected chi connectivity index (χ1v) is 15.6. The molecule has 1 nitrogen and oxygen atoms in total. The van der Waals surface area contributed by atoms with Crippen LogP contribution < -0.4 is 0 Å². The molecule has 0 saturated heterocycles. The van der Waals surface area contributed by atoms with Crippen LogP contribution in [0.4, 0.5) is 0 Å². The molecule has 0 amide bonds. The summed E-state index contributed by atoms with van der Waals surface area (Å²) in [5, 5.41) is 18.7. The van der Waals surface area contributed by atoms with Gasteiger partial charge in [-0.3, -0.25) is 0 Å². The van der Waals surface area contributed by atoms with E-state index in [1.54, 1.807) is 5.57 Å². The first kappa shape index (κ1) is 24.2. The van der Waals surface area contributed by atoms with Crippen LogP contribution in [0.1, 0.15) is 70.8 Å². The van der Waals surface area contributed by atoms with Gasteiger partial charge in [0.25, 0.3) is 0 Å². The van der Waals surface area contributed by atoms with Crippen LogP contribution in [-0.2, 0) is 6.42 Å². The van der Waals surface area contributed by atoms with Crippen molar-refractivity contribution in [1.29, 1.82) is 0 Å². The number of rotatable bonds is 3. The highest BCUT2D eigenvalue weighted by Gasteiger charge is 2.58. The van der Waals surface area contributed by atoms with Crippen molar-refractivity contribution in [2.45, 2.75) is 77.7 Å². The predicted molar refractivity (Wildman–Crippen MR) is 164 cm³/mol. The summed E-state index contributed by atoms with van der Waals surface area (Å²) in [5.74, 6) is 3.03. The van der Waals surface area contributed by atoms with Gasteiger partial charge in [0.05, 0.1) is 6.10 Å². The second kappa shape index (κ2) is 8.43. The maximum atomic E-state index is 10.4. The summed E-state index contributed by atoms with van der Waals surface area (Å²) in [5.41, 5.74) is 5.19. The van der Waals surface area contributed by atoms with Gasteiger partial charge in [-0.2, -0.15) is 0 Å². The fourth-order valence-corrected chi connectivity index (χ4v) is 10.6. The molecule has 4 aromatic carbocycles. The number of hydrogen-bond donors (Lipinski definition) is 1. The average molecular weight is 515 g/mol. The van der Waals surface area contributed by atoms with Gasteiger partial charge in [0.2, 0.25) is 0 Å². The Morgan fingerprint density at radius 1 is 0.846 bits per heavy atom. The standard InChI is InChI=1S/C38H42O/c1-23(21-27-10-9-26-8-7-24-5-4-6-25-11-13-30(27)36(26)35(24)25)32-15-16-33-31-14-12-28-22-29(39)17-19-37(28,2)34(31)18-20-38(32,33)3/h4-13,29,31-34,39H,1,14-22H2,2-3H3/t29-,31-,32+,33-,34-,37-,38+/m0/s1. The number of aliphatic hydroxyl groups excluding tert-OH is 1. The predicted octanol–water partition coefficient (Wildman–Crippen LogP) is 9.62. The fourth-order valence-electron chi connectivity index (χ4n) is 10.6. The van der Waals surface area contributed by atoms with Gasteiger partial charge in [-0.15, -0.1) is 0 Å². The van der Waals surface area contributed by atoms with Gasteiger partial charge in [-0.05, 0) is 130 Å². The summed E-state index contributed by atoms with van der Waals surface area (Å²) in [6, 6.07) is 20.7. The molecule has 3 fully saturated rings. The average Bonchev–Trinajstić information content (AvgIpc) is 3.30. The highest BCUT2D eigenvalue weighted by atomic mass is 16.3. The smallest absolute Gasteiger partial charge is 0.0577 e. The van der Waals surface area contributed by atoms with Crippen LogP contribution >= 0.6 is 0 Å². The lowest BCUT2D eigenvalue weighted by Crippen LogP contribution is -2.50. The second-order valence-corrected chi connectivity index (χ2v) is 14.2. The molecule has 0 radical (unpaired) electrons. The zero-order chi connectivity index (χ0) is 26.5. The third kappa shape index (κ3) is 3.35. The van der Waals surface area contributed by atoms with Gasteiger partial charge in [0, 0.05) is 0 Å². The number of aliphatic hydroxyl groups is 1. The van der Waals surface area contributed by atoms with Crippen LogP contribution in [0.5, 0.6) is 0 Å². The van der Waals surface area contributed by atoms with Crippen molar-refractivity contribution >= 4 is 32.3 Å². The maximum Gasteiger partial charge on any atom is 0.0577 e. The van der Waals surface area contributed by atoms with Crippen LogP contribution in [0.25, 0.3) is 32.3 Å². The van der Waals surface area contributed by atoms with E-state index < -0.39 is 0 Å². The van der Waals surface area contributed by atoms with E-state index in [0.717, 1.165) is 37.0 Å². The lowest BCUT2D eigenvalue weighted by Gasteiger charge is -2.58. The highest BCUT2D eigenvalue weighted by Crippen LogP contribution is 2.67. The molecule has 1 N–H and O–H groups in total. The Labute approximate surface area is 233 Å². The summed E-state index contributed by atoms with van der Waals surface area (Å²) >= 11 is 0. The summed E-state index contributed by atoms with van der Waals surface area (Å²) in [4.78, 5) is 0. The quantitative estimate of drug-likeness (QED) is 0.213. The third-order valence-corrected chi connectivity index (χ3v) is 12.6. The minimum absolute atomic E-state index is 0.117. The van der Waals surface area contributed by atoms with E-state index in [4.69, 9.17) is 6.58 Å². The fraction of sp³-hybridized carbons (Fsp3) is 0.474. The zero-order valence-corrected chi connectivity index (χ0v) is 23.7. The van der Waals surface area contributed by atoms with E-state index in [1.807, 2.05) is 0 Å². The van der Waals surface area contributed by atoms with Crippen LogP contribution in [0, 0.1) is 34.5 Å². The van der Waals surface area contributed by atoms with Crippen molar-refractivity contribution in [2.75, 3.05) is 0 Å². The second-order valence-electron chi connectivity index (χ2n) is 14.2. The zero-order valence-electron chi connectivity index (χ0n) is 23.7. The third-order valence-electron chi connectivity index (χ3n) is 12.6. The molecule has 0 bridgehead atoms. The SMILES string of the molecule is C=C(Cc1ccc2ccc3cccc4ccc1c2c34)[C@H]1CC[C@H]2[C@@H]3CC=C4C[C@@H](O)CC[C@]4(C)[C@H]3CC[C@]12C. The van der Waals surface area contributed by atoms with Gasteiger partial charge in [-0.1, -0.05) is 92.2 Å². The molecule has 0 aromatic heterocycles. The molecule has 1 heteroatoms. The molecule has 7 atom stereocenters. The van der Waals surface area contributed by atoms with Gasteiger partial charge < -0.3 is 5.11 Å². The van der Waals surface area contributed by atoms with E-state index in [9.17, 15) is 5.11 Å². The van der Waals surface area contributed by atoms with Crippen LogP contribution in [0.15, 0.2) is 78.4 Å². The van der Waals surface area contributed by atoms with Gasteiger partial charge in [0.1, 0.15) is 0 Å². The summed E-state index contributed by atoms with van der Waals surface area (Å²) in [7, 11) is 0. The van der Waals surface area contributed by atoms with Crippen molar-refractivity contribution in [1.82, 2.24) is 0 Å². The number of benzene rings is 4. The van der Waals surface area contributed by atoms with Gasteiger partial charge >= 0.3 is 0 Å². The molecular weight excluding hydrogens is 472 g/mol. The van der Waals surface area contributed by atoms with Crippen molar-refractivity contribution in [3.05, 3.63) is 84.0 Å². The Kier molecular flexibility index (Phi) is 5.23. The summed E-state index contributed by atoms with van der Waals surface area (Å²) in [6.45, 7) is 10.0. The molecule has 200 valence electrons. The molecule has 39 heavy (non-hydrogen) atoms. The Morgan fingerprint density at radius 2 is 1.59 bits per heavy atom. The topological polar surface area (TPSA) is 20.2 Å². The van der Waals surface area contributed by atoms with E-state index in [2.05, 4.69) is 74.5 Å². The minimum Gasteiger partial charge on any atom is -0.393 e. The maximum absolute atomic E-state index is 10.4. The molecule has 4 aliphatic carbocycles. The minimum atomic E-state index is -0.117. The summed E-state index contributed by atoms with van der Waals surface area (Å²) in [6.07, 6.45) is 13.1. The molecular formula is C38H42O. The largest absolute Gasteiger partial charge is 0.393 e. The first-order chi connectivity index (χ1) is 18.9. The molecule has 0 heterocycles. The van der Waals surface area contributed by atoms with Crippen molar-refractivity contribution in [3.63, 3.8) is 0 Å². The van der Waals surface area contributed by atoms with Crippen molar-refractivity contribution in [3.8, 4) is 0 Å². The number of allylic oxidation sites excluding steroid dienone is 2. The number of fused-ring (bicyclic) bond motifs is 5.